The van der Waals surface area contributed by atoms with Crippen LogP contribution in [0.4, 0.5) is 5.13 Å². The minimum absolute atomic E-state index is 0.0193. The van der Waals surface area contributed by atoms with Gasteiger partial charge in [0.15, 0.2) is 5.13 Å². The van der Waals surface area contributed by atoms with Crippen LogP contribution in [0.25, 0.3) is 0 Å². The standard InChI is InChI=1S/C14H20N4OS/c1-9-11(3)20-14(16-9)17-13(19)10(2)18-6-4-12(8-15)5-7-18/h10,12H,4-7H2,1-3H3,(H,16,17,19). The first kappa shape index (κ1) is 14.9. The zero-order valence-corrected chi connectivity index (χ0v) is 13.0. The maximum Gasteiger partial charge on any atom is 0.243 e. The van der Waals surface area contributed by atoms with E-state index >= 15 is 0 Å². The van der Waals surface area contributed by atoms with Crippen molar-refractivity contribution in [1.29, 1.82) is 5.26 Å². The third kappa shape index (κ3) is 3.35. The van der Waals surface area contributed by atoms with Crippen LogP contribution in [0.15, 0.2) is 0 Å². The Morgan fingerprint density at radius 1 is 1.50 bits per heavy atom. The first-order chi connectivity index (χ1) is 9.51. The molecule has 0 bridgehead atoms. The molecule has 2 heterocycles. The number of hydrogen-bond donors (Lipinski definition) is 1. The Morgan fingerprint density at radius 2 is 2.15 bits per heavy atom. The van der Waals surface area contributed by atoms with Gasteiger partial charge in [-0.15, -0.1) is 11.3 Å². The number of anilines is 1. The van der Waals surface area contributed by atoms with Crippen LogP contribution in [0.2, 0.25) is 0 Å². The summed E-state index contributed by atoms with van der Waals surface area (Å²) in [5.74, 6) is 0.125. The molecule has 0 saturated carbocycles. The maximum atomic E-state index is 12.2. The lowest BCUT2D eigenvalue weighted by atomic mass is 9.97. The number of aromatic nitrogens is 1. The van der Waals surface area contributed by atoms with Gasteiger partial charge < -0.3 is 5.32 Å². The molecule has 108 valence electrons. The summed E-state index contributed by atoms with van der Waals surface area (Å²) in [5.41, 5.74) is 0.966. The summed E-state index contributed by atoms with van der Waals surface area (Å²) in [6.45, 7) is 7.47. The number of hydrogen-bond acceptors (Lipinski definition) is 5. The fourth-order valence-corrected chi connectivity index (χ4v) is 3.14. The molecule has 1 unspecified atom stereocenters. The van der Waals surface area contributed by atoms with Gasteiger partial charge in [0.2, 0.25) is 5.91 Å². The Hall–Kier alpha value is -1.45. The molecule has 0 radical (unpaired) electrons. The van der Waals surface area contributed by atoms with Crippen molar-refractivity contribution < 1.29 is 4.79 Å². The zero-order valence-electron chi connectivity index (χ0n) is 12.1. The van der Waals surface area contributed by atoms with Crippen LogP contribution in [0, 0.1) is 31.1 Å². The highest BCUT2D eigenvalue weighted by Crippen LogP contribution is 2.22. The van der Waals surface area contributed by atoms with E-state index in [1.807, 2.05) is 20.8 Å². The van der Waals surface area contributed by atoms with E-state index in [0.717, 1.165) is 36.5 Å². The second-order valence-corrected chi connectivity index (χ2v) is 6.47. The maximum absolute atomic E-state index is 12.2. The minimum atomic E-state index is -0.181. The molecule has 1 N–H and O–H groups in total. The number of aryl methyl sites for hydroxylation is 2. The average Bonchev–Trinajstić information content (AvgIpc) is 2.76. The van der Waals surface area contributed by atoms with E-state index in [-0.39, 0.29) is 17.9 Å². The van der Waals surface area contributed by atoms with Crippen LogP contribution in [-0.2, 0) is 4.79 Å². The lowest BCUT2D eigenvalue weighted by molar-refractivity contribution is -0.121. The highest BCUT2D eigenvalue weighted by Gasteiger charge is 2.26. The van der Waals surface area contributed by atoms with Crippen molar-refractivity contribution in [3.63, 3.8) is 0 Å². The van der Waals surface area contributed by atoms with Gasteiger partial charge in [0, 0.05) is 23.9 Å². The van der Waals surface area contributed by atoms with Crippen molar-refractivity contribution in [1.82, 2.24) is 9.88 Å². The molecule has 2 rings (SSSR count). The summed E-state index contributed by atoms with van der Waals surface area (Å²) in [6.07, 6.45) is 1.70. The molecule has 1 atom stereocenters. The Bertz CT molecular complexity index is 506. The molecule has 0 aliphatic carbocycles. The monoisotopic (exact) mass is 292 g/mol. The molecule has 20 heavy (non-hydrogen) atoms. The molecule has 1 amide bonds. The Kier molecular flexibility index (Phi) is 4.73. The Balaban J connectivity index is 1.91. The fraction of sp³-hybridized carbons (Fsp3) is 0.643. The average molecular weight is 292 g/mol. The molecule has 1 aromatic heterocycles. The predicted octanol–water partition coefficient (Wildman–Crippen LogP) is 2.32. The van der Waals surface area contributed by atoms with Gasteiger partial charge in [-0.2, -0.15) is 5.26 Å². The molecular weight excluding hydrogens is 272 g/mol. The van der Waals surface area contributed by atoms with Gasteiger partial charge in [-0.25, -0.2) is 4.98 Å². The molecule has 1 saturated heterocycles. The normalized spacial score (nSPS) is 18.5. The predicted molar refractivity (Wildman–Crippen MR) is 79.6 cm³/mol. The molecule has 0 spiro atoms. The number of nitrogens with one attached hydrogen (secondary N) is 1. The molecule has 5 nitrogen and oxygen atoms in total. The molecule has 1 aromatic rings. The summed E-state index contributed by atoms with van der Waals surface area (Å²) >= 11 is 1.51. The second kappa shape index (κ2) is 6.33. The largest absolute Gasteiger partial charge is 0.301 e. The molecule has 1 fully saturated rings. The highest BCUT2D eigenvalue weighted by molar-refractivity contribution is 7.15. The lowest BCUT2D eigenvalue weighted by Crippen LogP contribution is -2.45. The van der Waals surface area contributed by atoms with Crippen molar-refractivity contribution >= 4 is 22.4 Å². The number of nitriles is 1. The van der Waals surface area contributed by atoms with Gasteiger partial charge in [0.1, 0.15) is 0 Å². The van der Waals surface area contributed by atoms with Crippen molar-refractivity contribution in [3.05, 3.63) is 10.6 Å². The highest BCUT2D eigenvalue weighted by atomic mass is 32.1. The van der Waals surface area contributed by atoms with Crippen LogP contribution >= 0.6 is 11.3 Å². The number of piperidine rings is 1. The topological polar surface area (TPSA) is 69.0 Å². The Morgan fingerprint density at radius 3 is 2.65 bits per heavy atom. The van der Waals surface area contributed by atoms with Crippen molar-refractivity contribution in [2.45, 2.75) is 39.7 Å². The van der Waals surface area contributed by atoms with Crippen LogP contribution in [-0.4, -0.2) is 34.9 Å². The SMILES string of the molecule is Cc1nc(NC(=O)C(C)N2CCC(C#N)CC2)sc1C. The van der Waals surface area contributed by atoms with E-state index in [9.17, 15) is 4.79 Å². The fourth-order valence-electron chi connectivity index (χ4n) is 2.32. The van der Waals surface area contributed by atoms with Crippen LogP contribution in [0.1, 0.15) is 30.3 Å². The lowest BCUT2D eigenvalue weighted by Gasteiger charge is -2.32. The smallest absolute Gasteiger partial charge is 0.243 e. The van der Waals surface area contributed by atoms with E-state index in [1.54, 1.807) is 0 Å². The summed E-state index contributed by atoms with van der Waals surface area (Å²) in [4.78, 5) is 19.8. The number of nitrogens with zero attached hydrogens (tertiary/aromatic N) is 3. The van der Waals surface area contributed by atoms with E-state index in [4.69, 9.17) is 5.26 Å². The van der Waals surface area contributed by atoms with Gasteiger partial charge in [-0.1, -0.05) is 0 Å². The zero-order chi connectivity index (χ0) is 14.7. The number of rotatable bonds is 3. The van der Waals surface area contributed by atoms with E-state index in [2.05, 4.69) is 21.3 Å². The molecular formula is C14H20N4OS. The number of carbonyl (C=O) groups excluding carboxylic acids is 1. The van der Waals surface area contributed by atoms with E-state index in [1.165, 1.54) is 11.3 Å². The first-order valence-corrected chi connectivity index (χ1v) is 7.71. The van der Waals surface area contributed by atoms with Crippen LogP contribution < -0.4 is 5.32 Å². The number of likely N-dealkylation sites (tertiary alicyclic amines) is 1. The van der Waals surface area contributed by atoms with Gasteiger partial charge in [0.25, 0.3) is 0 Å². The quantitative estimate of drug-likeness (QED) is 0.928. The Labute approximate surface area is 123 Å². The molecule has 0 aromatic carbocycles. The third-order valence-corrected chi connectivity index (χ3v) is 4.89. The van der Waals surface area contributed by atoms with Gasteiger partial charge in [-0.05, 0) is 33.6 Å². The second-order valence-electron chi connectivity index (χ2n) is 5.27. The first-order valence-electron chi connectivity index (χ1n) is 6.90. The summed E-state index contributed by atoms with van der Waals surface area (Å²) in [5, 5.41) is 12.5. The third-order valence-electron chi connectivity index (χ3n) is 3.90. The number of carbonyl (C=O) groups is 1. The molecule has 6 heteroatoms. The molecule has 1 aliphatic heterocycles. The number of thiazole rings is 1. The number of amides is 1. The van der Waals surface area contributed by atoms with Gasteiger partial charge in [0.05, 0.1) is 17.8 Å². The van der Waals surface area contributed by atoms with Crippen molar-refractivity contribution in [2.24, 2.45) is 5.92 Å². The van der Waals surface area contributed by atoms with Crippen LogP contribution in [0.3, 0.4) is 0 Å². The van der Waals surface area contributed by atoms with Gasteiger partial charge >= 0.3 is 0 Å². The van der Waals surface area contributed by atoms with E-state index < -0.39 is 0 Å². The van der Waals surface area contributed by atoms with Crippen molar-refractivity contribution in [3.8, 4) is 6.07 Å². The summed E-state index contributed by atoms with van der Waals surface area (Å²) in [6, 6.07) is 2.12. The molecule has 1 aliphatic rings. The summed E-state index contributed by atoms with van der Waals surface area (Å²) in [7, 11) is 0. The summed E-state index contributed by atoms with van der Waals surface area (Å²) < 4.78 is 0. The van der Waals surface area contributed by atoms with Crippen molar-refractivity contribution in [2.75, 3.05) is 18.4 Å². The minimum Gasteiger partial charge on any atom is -0.301 e. The van der Waals surface area contributed by atoms with Crippen LogP contribution in [0.5, 0.6) is 0 Å². The van der Waals surface area contributed by atoms with E-state index in [0.29, 0.717) is 5.13 Å². The van der Waals surface area contributed by atoms with Gasteiger partial charge in [-0.3, -0.25) is 9.69 Å².